The molecule has 0 aromatic carbocycles. The topological polar surface area (TPSA) is 95.5 Å². The summed E-state index contributed by atoms with van der Waals surface area (Å²) in [4.78, 5) is 49.5. The van der Waals surface area contributed by atoms with Gasteiger partial charge in [-0.05, 0) is 35.0 Å². The first-order valence-corrected chi connectivity index (χ1v) is 10.3. The lowest BCUT2D eigenvalue weighted by molar-refractivity contribution is -0.148. The van der Waals surface area contributed by atoms with Crippen LogP contribution in [0.1, 0.15) is 28.9 Å². The van der Waals surface area contributed by atoms with Crippen molar-refractivity contribution in [2.45, 2.75) is 18.9 Å². The fraction of sp³-hybridized carbons (Fsp3) is 0.350. The number of piperazine rings is 1. The van der Waals surface area contributed by atoms with Gasteiger partial charge < -0.3 is 15.1 Å². The third-order valence-electron chi connectivity index (χ3n) is 5.44. The number of carbonyl (C=O) groups excluding carboxylic acids is 3. The predicted octanol–water partition coefficient (Wildman–Crippen LogP) is 1.83. The molecule has 0 bridgehead atoms. The van der Waals surface area contributed by atoms with Gasteiger partial charge in [0.1, 0.15) is 16.1 Å². The van der Waals surface area contributed by atoms with E-state index in [2.05, 4.69) is 31.2 Å². The number of Topliss-reactive ketones (excluding diaryl/α,β-unsaturated/α-hetero) is 1. The Bertz CT molecular complexity index is 1020. The summed E-state index contributed by atoms with van der Waals surface area (Å²) in [5, 5.41) is 2.95. The van der Waals surface area contributed by atoms with Gasteiger partial charge in [0, 0.05) is 44.0 Å². The molecule has 2 unspecified atom stereocenters. The number of anilines is 1. The van der Waals surface area contributed by atoms with Crippen LogP contribution in [0.15, 0.2) is 35.2 Å². The smallest absolute Gasteiger partial charge is 0.291 e. The maximum Gasteiger partial charge on any atom is 0.291 e. The van der Waals surface area contributed by atoms with Crippen LogP contribution in [0.5, 0.6) is 0 Å². The van der Waals surface area contributed by atoms with Crippen molar-refractivity contribution in [1.82, 2.24) is 19.8 Å². The third kappa shape index (κ3) is 3.55. The zero-order valence-corrected chi connectivity index (χ0v) is 17.7. The number of nitrogens with one attached hydrogen (secondary N) is 1. The molecule has 2 aliphatic rings. The molecule has 156 valence electrons. The highest BCUT2D eigenvalue weighted by atomic mass is 79.9. The van der Waals surface area contributed by atoms with Crippen LogP contribution in [-0.2, 0) is 9.59 Å². The summed E-state index contributed by atoms with van der Waals surface area (Å²) in [5.74, 6) is -3.08. The molecule has 1 N–H and O–H groups in total. The molecular weight excluding hydrogens is 457 g/mol. The number of nitrogens with zero attached hydrogens (tertiary/aromatic N) is 4. The Labute approximate surface area is 180 Å². The second kappa shape index (κ2) is 8.10. The number of carbonyl (C=O) groups is 3. The molecule has 0 radical (unpaired) electrons. The van der Waals surface area contributed by atoms with Crippen LogP contribution in [0.2, 0.25) is 0 Å². The van der Waals surface area contributed by atoms with Crippen LogP contribution in [-0.4, -0.2) is 69.6 Å². The number of halogens is 2. The molecule has 0 saturated carbocycles. The van der Waals surface area contributed by atoms with Crippen molar-refractivity contribution in [1.29, 1.82) is 0 Å². The van der Waals surface area contributed by atoms with Gasteiger partial charge in [-0.15, -0.1) is 0 Å². The Morgan fingerprint density at radius 2 is 2.03 bits per heavy atom. The van der Waals surface area contributed by atoms with Crippen molar-refractivity contribution in [3.05, 3.63) is 52.3 Å². The van der Waals surface area contributed by atoms with Crippen molar-refractivity contribution in [3.8, 4) is 0 Å². The minimum atomic E-state index is -0.910. The molecule has 1 fully saturated rings. The van der Waals surface area contributed by atoms with Gasteiger partial charge in [0.05, 0.1) is 17.8 Å². The summed E-state index contributed by atoms with van der Waals surface area (Å²) in [6.07, 6.45) is 2.58. The Morgan fingerprint density at radius 3 is 2.73 bits per heavy atom. The number of amides is 2. The van der Waals surface area contributed by atoms with Crippen LogP contribution >= 0.6 is 15.9 Å². The summed E-state index contributed by atoms with van der Waals surface area (Å²) in [6, 6.07) is 4.75. The largest absolute Gasteiger partial charge is 0.381 e. The van der Waals surface area contributed by atoms with Gasteiger partial charge in [0.15, 0.2) is 0 Å². The zero-order valence-electron chi connectivity index (χ0n) is 16.1. The maximum absolute atomic E-state index is 14.3. The minimum absolute atomic E-state index is 0.133. The van der Waals surface area contributed by atoms with Crippen LogP contribution in [0.25, 0.3) is 0 Å². The molecule has 2 aliphatic heterocycles. The molecule has 2 aromatic heterocycles. The monoisotopic (exact) mass is 475 g/mol. The number of ketones is 1. The summed E-state index contributed by atoms with van der Waals surface area (Å²) < 4.78 is 14.7. The van der Waals surface area contributed by atoms with Gasteiger partial charge in [-0.2, -0.15) is 0 Å². The number of rotatable bonds is 3. The van der Waals surface area contributed by atoms with Gasteiger partial charge in [-0.1, -0.05) is 6.07 Å². The predicted molar refractivity (Wildman–Crippen MR) is 109 cm³/mol. The van der Waals surface area contributed by atoms with E-state index in [0.717, 1.165) is 6.20 Å². The van der Waals surface area contributed by atoms with Crippen LogP contribution in [0, 0.1) is 5.82 Å². The Morgan fingerprint density at radius 1 is 1.23 bits per heavy atom. The fourth-order valence-electron chi connectivity index (χ4n) is 3.90. The van der Waals surface area contributed by atoms with Crippen molar-refractivity contribution in [2.24, 2.45) is 0 Å². The van der Waals surface area contributed by atoms with E-state index in [1.807, 2.05) is 0 Å². The van der Waals surface area contributed by atoms with E-state index in [1.165, 1.54) is 4.90 Å². The number of pyridine rings is 2. The quantitative estimate of drug-likeness (QED) is 0.537. The zero-order chi connectivity index (χ0) is 21.4. The molecule has 4 heterocycles. The van der Waals surface area contributed by atoms with E-state index >= 15 is 0 Å². The molecule has 0 spiro atoms. The summed E-state index contributed by atoms with van der Waals surface area (Å²) in [5.41, 5.74) is 0.899. The van der Waals surface area contributed by atoms with Crippen molar-refractivity contribution < 1.29 is 18.8 Å². The molecule has 4 rings (SSSR count). The molecule has 2 atom stereocenters. The first-order valence-electron chi connectivity index (χ1n) is 9.51. The Balaban J connectivity index is 1.46. The lowest BCUT2D eigenvalue weighted by Gasteiger charge is -2.39. The van der Waals surface area contributed by atoms with E-state index < -0.39 is 23.4 Å². The van der Waals surface area contributed by atoms with Gasteiger partial charge >= 0.3 is 0 Å². The normalized spacial score (nSPS) is 20.5. The van der Waals surface area contributed by atoms with Gasteiger partial charge in [-0.3, -0.25) is 19.4 Å². The van der Waals surface area contributed by atoms with Gasteiger partial charge in [0.2, 0.25) is 5.78 Å². The number of aromatic nitrogens is 2. The molecule has 1 saturated heterocycles. The third-order valence-corrected chi connectivity index (χ3v) is 6.04. The number of hydrogen-bond donors (Lipinski definition) is 1. The second-order valence-electron chi connectivity index (χ2n) is 7.30. The molecule has 0 aliphatic carbocycles. The van der Waals surface area contributed by atoms with E-state index in [4.69, 9.17) is 0 Å². The van der Waals surface area contributed by atoms with E-state index in [-0.39, 0.29) is 37.1 Å². The van der Waals surface area contributed by atoms with Gasteiger partial charge in [-0.25, -0.2) is 9.37 Å². The van der Waals surface area contributed by atoms with Crippen molar-refractivity contribution >= 4 is 39.2 Å². The molecular formula is C20H19BrFN5O3. The summed E-state index contributed by atoms with van der Waals surface area (Å²) in [7, 11) is 0. The average molecular weight is 476 g/mol. The van der Waals surface area contributed by atoms with Crippen molar-refractivity contribution in [2.75, 3.05) is 31.5 Å². The van der Waals surface area contributed by atoms with Crippen molar-refractivity contribution in [3.63, 3.8) is 0 Å². The first-order chi connectivity index (χ1) is 14.4. The molecule has 2 amide bonds. The number of hydrogen-bond acceptors (Lipinski definition) is 6. The minimum Gasteiger partial charge on any atom is -0.381 e. The standard InChI is InChI=1S/C20H19BrFN5O3/c1-11-10-26(19(29)14-4-2-3-5-23-14)6-7-27(11)20(30)17(28)12-8-24-16-15(12)13(22)9-25-18(16)21/h2-5,9,11-12,24H,6-8,10H2,1H3. The Hall–Kier alpha value is -2.88. The molecule has 2 aromatic rings. The van der Waals surface area contributed by atoms with Crippen LogP contribution in [0.3, 0.4) is 0 Å². The first kappa shape index (κ1) is 20.4. The lowest BCUT2D eigenvalue weighted by atomic mass is 9.95. The lowest BCUT2D eigenvalue weighted by Crippen LogP contribution is -2.57. The van der Waals surface area contributed by atoms with Crippen LogP contribution in [0.4, 0.5) is 10.1 Å². The molecule has 10 heteroatoms. The van der Waals surface area contributed by atoms with E-state index in [9.17, 15) is 18.8 Å². The highest BCUT2D eigenvalue weighted by molar-refractivity contribution is 9.10. The van der Waals surface area contributed by atoms with E-state index in [1.54, 1.807) is 36.2 Å². The SMILES string of the molecule is CC1CN(C(=O)c2ccccn2)CCN1C(=O)C(=O)C1CNc2c(Br)ncc(F)c21. The molecule has 30 heavy (non-hydrogen) atoms. The highest BCUT2D eigenvalue weighted by Crippen LogP contribution is 2.38. The van der Waals surface area contributed by atoms with Crippen LogP contribution < -0.4 is 5.32 Å². The van der Waals surface area contributed by atoms with E-state index in [0.29, 0.717) is 22.5 Å². The van der Waals surface area contributed by atoms with Gasteiger partial charge in [0.25, 0.3) is 11.8 Å². The maximum atomic E-state index is 14.3. The number of fused-ring (bicyclic) bond motifs is 1. The second-order valence-corrected chi connectivity index (χ2v) is 8.05. The fourth-order valence-corrected chi connectivity index (χ4v) is 4.36. The highest BCUT2D eigenvalue weighted by Gasteiger charge is 2.40. The molecule has 8 nitrogen and oxygen atoms in total. The Kier molecular flexibility index (Phi) is 5.50. The average Bonchev–Trinajstić information content (AvgIpc) is 3.22. The summed E-state index contributed by atoms with van der Waals surface area (Å²) in [6.45, 7) is 2.72. The summed E-state index contributed by atoms with van der Waals surface area (Å²) >= 11 is 3.23.